The van der Waals surface area contributed by atoms with Gasteiger partial charge in [-0.15, -0.1) is 5.10 Å². The van der Waals surface area contributed by atoms with Crippen LogP contribution in [0.1, 0.15) is 5.89 Å². The number of hydrogen-bond acceptors (Lipinski definition) is 11. The van der Waals surface area contributed by atoms with Gasteiger partial charge in [0.15, 0.2) is 11.3 Å². The summed E-state index contributed by atoms with van der Waals surface area (Å²) < 4.78 is 28.7. The van der Waals surface area contributed by atoms with E-state index in [1.807, 2.05) is 28.9 Å². The number of nitrogen functional groups attached to an aromatic ring is 1. The molecule has 2 N–H and O–H groups in total. The Labute approximate surface area is 239 Å². The first-order chi connectivity index (χ1) is 20.6. The summed E-state index contributed by atoms with van der Waals surface area (Å²) in [7, 11) is 1.58. The van der Waals surface area contributed by atoms with Crippen molar-refractivity contribution in [2.24, 2.45) is 0 Å². The third-order valence-corrected chi connectivity index (χ3v) is 7.39. The van der Waals surface area contributed by atoms with Crippen LogP contribution < -0.4 is 10.6 Å². The van der Waals surface area contributed by atoms with Crippen LogP contribution in [-0.4, -0.2) is 84.1 Å². The minimum Gasteiger partial charge on any atom is -0.446 e. The van der Waals surface area contributed by atoms with E-state index in [1.54, 1.807) is 31.8 Å². The van der Waals surface area contributed by atoms with Crippen molar-refractivity contribution in [2.45, 2.75) is 13.2 Å². The van der Waals surface area contributed by atoms with E-state index in [0.29, 0.717) is 59.7 Å². The number of ether oxygens (including phenoxy) is 1. The number of oxazole rings is 1. The summed E-state index contributed by atoms with van der Waals surface area (Å²) >= 11 is 0. The summed E-state index contributed by atoms with van der Waals surface area (Å²) in [5.41, 5.74) is 10.2. The molecule has 0 atom stereocenters. The van der Waals surface area contributed by atoms with Crippen molar-refractivity contribution in [1.29, 1.82) is 0 Å². The molecule has 0 radical (unpaired) electrons. The van der Waals surface area contributed by atoms with Crippen LogP contribution >= 0.6 is 0 Å². The van der Waals surface area contributed by atoms with Crippen molar-refractivity contribution in [3.63, 3.8) is 0 Å². The molecule has 6 heterocycles. The van der Waals surface area contributed by atoms with Gasteiger partial charge < -0.3 is 19.8 Å². The molecule has 0 spiro atoms. The van der Waals surface area contributed by atoms with E-state index in [2.05, 4.69) is 39.9 Å². The van der Waals surface area contributed by atoms with Crippen LogP contribution in [0.5, 0.6) is 0 Å². The van der Waals surface area contributed by atoms with E-state index in [-0.39, 0.29) is 18.4 Å². The number of fused-ring (bicyclic) bond motifs is 3. The quantitative estimate of drug-likeness (QED) is 0.289. The number of piperazine rings is 1. The van der Waals surface area contributed by atoms with E-state index in [9.17, 15) is 4.39 Å². The first-order valence-corrected chi connectivity index (χ1v) is 13.6. The zero-order valence-corrected chi connectivity index (χ0v) is 22.9. The maximum absolute atomic E-state index is 14.9. The highest BCUT2D eigenvalue weighted by Crippen LogP contribution is 2.28. The molecular weight excluding hydrogens is 541 g/mol. The minimum absolute atomic E-state index is 0.229. The third kappa shape index (κ3) is 4.80. The molecule has 0 unspecified atom stereocenters. The number of anilines is 2. The lowest BCUT2D eigenvalue weighted by molar-refractivity contribution is 0.159. The Hall–Kier alpha value is -4.95. The number of benzene rings is 1. The normalized spacial score (nSPS) is 14.4. The second-order valence-electron chi connectivity index (χ2n) is 10.0. The average Bonchev–Trinajstić information content (AvgIpc) is 3.77. The van der Waals surface area contributed by atoms with Crippen molar-refractivity contribution >= 4 is 28.3 Å². The highest BCUT2D eigenvalue weighted by Gasteiger charge is 2.22. The number of halogens is 1. The van der Waals surface area contributed by atoms with E-state index >= 15 is 0 Å². The molecular formula is C28H28FN11O2. The zero-order chi connectivity index (χ0) is 28.6. The zero-order valence-electron chi connectivity index (χ0n) is 22.9. The molecule has 1 fully saturated rings. The topological polar surface area (TPSA) is 142 Å². The van der Waals surface area contributed by atoms with Crippen molar-refractivity contribution in [1.82, 2.24) is 44.2 Å². The lowest BCUT2D eigenvalue weighted by Crippen LogP contribution is -2.47. The molecule has 42 heavy (non-hydrogen) atoms. The number of nitrogens with zero attached hydrogens (tertiary/aromatic N) is 10. The molecule has 0 aliphatic carbocycles. The smallest absolute Gasteiger partial charge is 0.225 e. The minimum atomic E-state index is -0.259. The molecule has 0 amide bonds. The fourth-order valence-electron chi connectivity index (χ4n) is 5.22. The fraction of sp³-hybridized carbons (Fsp3) is 0.286. The summed E-state index contributed by atoms with van der Waals surface area (Å²) in [5.74, 6) is 0.925. The van der Waals surface area contributed by atoms with Crippen LogP contribution in [-0.2, 0) is 17.9 Å². The third-order valence-electron chi connectivity index (χ3n) is 7.39. The van der Waals surface area contributed by atoms with Crippen molar-refractivity contribution in [3.05, 3.63) is 66.8 Å². The highest BCUT2D eigenvalue weighted by molar-refractivity contribution is 5.90. The molecule has 1 saturated heterocycles. The molecule has 7 rings (SSSR count). The second kappa shape index (κ2) is 10.8. The Kier molecular flexibility index (Phi) is 6.68. The van der Waals surface area contributed by atoms with Crippen LogP contribution in [0.25, 0.3) is 39.5 Å². The largest absolute Gasteiger partial charge is 0.446 e. The van der Waals surface area contributed by atoms with E-state index in [4.69, 9.17) is 14.9 Å². The Morgan fingerprint density at radius 2 is 1.88 bits per heavy atom. The number of methoxy groups -OCH3 is 1. The summed E-state index contributed by atoms with van der Waals surface area (Å²) in [5, 5.41) is 9.83. The van der Waals surface area contributed by atoms with Gasteiger partial charge in [-0.25, -0.2) is 19.0 Å². The monoisotopic (exact) mass is 569 g/mol. The molecule has 0 saturated carbocycles. The summed E-state index contributed by atoms with van der Waals surface area (Å²) in [6, 6.07) is 10.6. The summed E-state index contributed by atoms with van der Waals surface area (Å²) in [4.78, 5) is 22.4. The SMILES string of the molecule is COCc1nc(-c2ccc(F)c(N3CCN(CCn4ncc5c4nc(N)n4nc(-c6ccccn6)nc54)CC3)c2)co1. The Bertz CT molecular complexity index is 1860. The van der Waals surface area contributed by atoms with Crippen molar-refractivity contribution < 1.29 is 13.5 Å². The predicted molar refractivity (Wildman–Crippen MR) is 153 cm³/mol. The predicted octanol–water partition coefficient (Wildman–Crippen LogP) is 2.88. The van der Waals surface area contributed by atoms with E-state index in [0.717, 1.165) is 30.6 Å². The maximum Gasteiger partial charge on any atom is 0.225 e. The van der Waals surface area contributed by atoms with Crippen LogP contribution in [0.15, 0.2) is 59.5 Å². The second-order valence-corrected chi connectivity index (χ2v) is 10.0. The van der Waals surface area contributed by atoms with Crippen LogP contribution in [0.3, 0.4) is 0 Å². The van der Waals surface area contributed by atoms with Gasteiger partial charge in [-0.1, -0.05) is 6.07 Å². The maximum atomic E-state index is 14.9. The molecule has 6 aromatic rings. The van der Waals surface area contributed by atoms with E-state index in [1.165, 1.54) is 10.6 Å². The number of pyridine rings is 1. The molecule has 14 heteroatoms. The average molecular weight is 570 g/mol. The molecule has 13 nitrogen and oxygen atoms in total. The van der Waals surface area contributed by atoms with Gasteiger partial charge in [0, 0.05) is 51.6 Å². The van der Waals surface area contributed by atoms with Gasteiger partial charge in [-0.2, -0.15) is 14.6 Å². The number of hydrogen-bond donors (Lipinski definition) is 1. The number of nitrogens with two attached hydrogens (primary N) is 1. The molecule has 1 aliphatic heterocycles. The molecule has 5 aromatic heterocycles. The van der Waals surface area contributed by atoms with Gasteiger partial charge in [-0.3, -0.25) is 9.88 Å². The number of rotatable bonds is 8. The molecule has 214 valence electrons. The van der Waals surface area contributed by atoms with Gasteiger partial charge in [0.2, 0.25) is 17.7 Å². The standard InChI is InChI=1S/C28H28FN11O2/c1-41-17-24-33-22(16-42-24)18-5-6-20(29)23(14-18)38-11-8-37(9-12-38)10-13-39-26-19(15-32-39)27-34-25(21-4-2-3-7-31-21)36-40(27)28(30)35-26/h2-7,14-16H,8-13,17H2,1H3,(H2,30,35). The van der Waals surface area contributed by atoms with Crippen molar-refractivity contribution in [3.8, 4) is 22.8 Å². The lowest BCUT2D eigenvalue weighted by Gasteiger charge is -2.36. The first-order valence-electron chi connectivity index (χ1n) is 13.6. The van der Waals surface area contributed by atoms with E-state index < -0.39 is 0 Å². The summed E-state index contributed by atoms with van der Waals surface area (Å²) in [6.45, 7) is 4.60. The van der Waals surface area contributed by atoms with Crippen LogP contribution in [0.2, 0.25) is 0 Å². The van der Waals surface area contributed by atoms with Gasteiger partial charge in [0.05, 0.1) is 23.8 Å². The Morgan fingerprint density at radius 3 is 2.69 bits per heavy atom. The van der Waals surface area contributed by atoms with Crippen LogP contribution in [0, 0.1) is 5.82 Å². The van der Waals surface area contributed by atoms with Gasteiger partial charge in [-0.05, 0) is 30.3 Å². The molecule has 1 aliphatic rings. The fourth-order valence-corrected chi connectivity index (χ4v) is 5.22. The van der Waals surface area contributed by atoms with Gasteiger partial charge in [0.25, 0.3) is 0 Å². The summed E-state index contributed by atoms with van der Waals surface area (Å²) in [6.07, 6.45) is 5.01. The van der Waals surface area contributed by atoms with Crippen molar-refractivity contribution in [2.75, 3.05) is 50.5 Å². The first kappa shape index (κ1) is 26.0. The molecule has 0 bridgehead atoms. The van der Waals surface area contributed by atoms with Gasteiger partial charge in [0.1, 0.15) is 30.1 Å². The Morgan fingerprint density at radius 1 is 1.00 bits per heavy atom. The van der Waals surface area contributed by atoms with Gasteiger partial charge >= 0.3 is 0 Å². The number of aromatic nitrogens is 8. The van der Waals surface area contributed by atoms with Crippen LogP contribution in [0.4, 0.5) is 16.0 Å². The molecule has 1 aromatic carbocycles. The lowest BCUT2D eigenvalue weighted by atomic mass is 10.1. The Balaban J connectivity index is 1.03. The highest BCUT2D eigenvalue weighted by atomic mass is 19.1.